The number of hydrogen-bond donors (Lipinski definition) is 2. The second kappa shape index (κ2) is 6.56. The predicted octanol–water partition coefficient (Wildman–Crippen LogP) is 0.260. The Morgan fingerprint density at radius 2 is 1.81 bits per heavy atom. The van der Waals surface area contributed by atoms with Gasteiger partial charge in [0.05, 0.1) is 22.5 Å². The van der Waals surface area contributed by atoms with E-state index in [1.807, 2.05) is 0 Å². The molecule has 26 heavy (non-hydrogen) atoms. The Balaban J connectivity index is 1.83. The van der Waals surface area contributed by atoms with Crippen molar-refractivity contribution in [1.82, 2.24) is 10.4 Å². The molecule has 1 saturated heterocycles. The van der Waals surface area contributed by atoms with Gasteiger partial charge in [0, 0.05) is 6.20 Å². The second-order valence-electron chi connectivity index (χ2n) is 5.52. The average Bonchev–Trinajstić information content (AvgIpc) is 2.63. The van der Waals surface area contributed by atoms with Gasteiger partial charge in [-0.05, 0) is 43.3 Å². The topological polar surface area (TPSA) is 126 Å². The van der Waals surface area contributed by atoms with Gasteiger partial charge in [0.25, 0.3) is 15.8 Å². The van der Waals surface area contributed by atoms with Crippen LogP contribution in [0.15, 0.2) is 53.7 Å². The number of pyridine rings is 1. The van der Waals surface area contributed by atoms with Crippen molar-refractivity contribution in [3.05, 3.63) is 48.8 Å². The largest absolute Gasteiger partial charge is 0.314 e. The Morgan fingerprint density at radius 1 is 1.12 bits per heavy atom. The summed E-state index contributed by atoms with van der Waals surface area (Å²) in [6.07, 6.45) is 2.90. The van der Waals surface area contributed by atoms with E-state index < -0.39 is 33.5 Å². The molecule has 1 atom stereocenters. The van der Waals surface area contributed by atoms with Crippen molar-refractivity contribution in [3.63, 3.8) is 0 Å². The first-order chi connectivity index (χ1) is 12.3. The molecule has 1 amide bonds. The Morgan fingerprint density at radius 3 is 2.42 bits per heavy atom. The highest BCUT2D eigenvalue weighted by Crippen LogP contribution is 2.22. The monoisotopic (exact) mass is 374 g/mol. The molecule has 2 N–H and O–H groups in total. The minimum absolute atomic E-state index is 0.0107. The molecule has 134 valence electrons. The highest BCUT2D eigenvalue weighted by Gasteiger charge is 2.38. The maximum atomic E-state index is 12.4. The first-order valence-electron chi connectivity index (χ1n) is 7.51. The first kappa shape index (κ1) is 17.5. The zero-order valence-electron chi connectivity index (χ0n) is 13.5. The van der Waals surface area contributed by atoms with Crippen molar-refractivity contribution in [2.24, 2.45) is 0 Å². The second-order valence-corrected chi connectivity index (χ2v) is 7.20. The van der Waals surface area contributed by atoms with Crippen molar-refractivity contribution in [2.45, 2.75) is 17.9 Å². The van der Waals surface area contributed by atoms with E-state index >= 15 is 0 Å². The summed E-state index contributed by atoms with van der Waals surface area (Å²) in [5.41, 5.74) is 3.00. The number of ketones is 2. The zero-order valence-corrected chi connectivity index (χ0v) is 14.4. The molecule has 1 aliphatic heterocycles. The van der Waals surface area contributed by atoms with Crippen LogP contribution in [0.2, 0.25) is 0 Å². The third-order valence-electron chi connectivity index (χ3n) is 3.76. The summed E-state index contributed by atoms with van der Waals surface area (Å²) in [5.74, 6) is -2.96. The van der Waals surface area contributed by atoms with E-state index in [9.17, 15) is 22.8 Å². The summed E-state index contributed by atoms with van der Waals surface area (Å²) in [6, 6.07) is 7.78. The number of nitrogens with one attached hydrogen (secondary N) is 2. The van der Waals surface area contributed by atoms with Gasteiger partial charge in [-0.25, -0.2) is 8.42 Å². The van der Waals surface area contributed by atoms with E-state index in [4.69, 9.17) is 0 Å². The van der Waals surface area contributed by atoms with Crippen LogP contribution < -0.4 is 15.2 Å². The Hall–Kier alpha value is -3.27. The Labute approximate surface area is 149 Å². The lowest BCUT2D eigenvalue weighted by atomic mass is 10.1. The van der Waals surface area contributed by atoms with Gasteiger partial charge in [-0.1, -0.05) is 0 Å². The Bertz CT molecular complexity index is 973. The average molecular weight is 374 g/mol. The molecular weight excluding hydrogens is 360 g/mol. The van der Waals surface area contributed by atoms with Crippen molar-refractivity contribution in [3.8, 4) is 0 Å². The molecule has 3 rings (SSSR count). The highest BCUT2D eigenvalue weighted by atomic mass is 32.2. The fraction of sp³-hybridized carbons (Fsp3) is 0.125. The number of anilines is 2. The molecule has 0 bridgehead atoms. The summed E-state index contributed by atoms with van der Waals surface area (Å²) >= 11 is 0. The van der Waals surface area contributed by atoms with Crippen molar-refractivity contribution in [2.75, 3.05) is 9.73 Å². The molecule has 1 unspecified atom stereocenters. The molecule has 2 aromatic rings. The zero-order chi connectivity index (χ0) is 18.9. The number of carbonyl (C=O) groups is 3. The van der Waals surface area contributed by atoms with Gasteiger partial charge in [0.15, 0.2) is 0 Å². The van der Waals surface area contributed by atoms with Crippen LogP contribution in [0.5, 0.6) is 0 Å². The van der Waals surface area contributed by atoms with Crippen molar-refractivity contribution < 1.29 is 22.8 Å². The Kier molecular flexibility index (Phi) is 4.43. The number of nitrogens with zero attached hydrogens (tertiary/aromatic N) is 2. The van der Waals surface area contributed by atoms with Crippen LogP contribution in [-0.4, -0.2) is 36.9 Å². The number of carbonyl (C=O) groups excluding carboxylic acids is 3. The normalized spacial score (nSPS) is 17.8. The minimum Gasteiger partial charge on any atom is -0.288 e. The number of Topliss-reactive ketones (excluding diaryl/α,β-unsaturated/α-hetero) is 2. The number of sulfonamides is 1. The van der Waals surface area contributed by atoms with E-state index in [0.29, 0.717) is 11.4 Å². The number of rotatable bonds is 4. The van der Waals surface area contributed by atoms with Crippen LogP contribution in [0.3, 0.4) is 0 Å². The van der Waals surface area contributed by atoms with Gasteiger partial charge in [0.1, 0.15) is 6.04 Å². The molecular formula is C16H14N4O5S. The van der Waals surface area contributed by atoms with Gasteiger partial charge in [0.2, 0.25) is 5.78 Å². The third-order valence-corrected chi connectivity index (χ3v) is 5.15. The number of hydrogen-bond acceptors (Lipinski definition) is 7. The standard InChI is InChI=1S/C16H14N4O5S/c1-10-14(21)15(22)16(23)18-20(10)12-4-6-13(7-5-12)26(24,25)19-11-3-2-8-17-9-11/h2-10,19H,1H3,(H,18,23). The number of amides is 1. The molecule has 0 saturated carbocycles. The summed E-state index contributed by atoms with van der Waals surface area (Å²) in [4.78, 5) is 38.5. The van der Waals surface area contributed by atoms with E-state index in [1.165, 1.54) is 48.6 Å². The summed E-state index contributed by atoms with van der Waals surface area (Å²) < 4.78 is 27.1. The number of hydrazine groups is 1. The van der Waals surface area contributed by atoms with E-state index in [-0.39, 0.29) is 4.90 Å². The van der Waals surface area contributed by atoms with Gasteiger partial charge < -0.3 is 0 Å². The lowest BCUT2D eigenvalue weighted by molar-refractivity contribution is -0.147. The first-order valence-corrected chi connectivity index (χ1v) is 8.99. The van der Waals surface area contributed by atoms with Crippen LogP contribution in [0, 0.1) is 0 Å². The maximum absolute atomic E-state index is 12.4. The molecule has 2 heterocycles. The van der Waals surface area contributed by atoms with Crippen LogP contribution >= 0.6 is 0 Å². The number of benzene rings is 1. The molecule has 0 aliphatic carbocycles. The molecule has 0 spiro atoms. The van der Waals surface area contributed by atoms with E-state index in [1.54, 1.807) is 12.1 Å². The summed E-state index contributed by atoms with van der Waals surface area (Å²) in [7, 11) is -3.82. The summed E-state index contributed by atoms with van der Waals surface area (Å²) in [5, 5.41) is 1.22. The van der Waals surface area contributed by atoms with Crippen LogP contribution in [0.4, 0.5) is 11.4 Å². The predicted molar refractivity (Wildman–Crippen MR) is 91.6 cm³/mol. The lowest BCUT2D eigenvalue weighted by Gasteiger charge is -2.33. The fourth-order valence-electron chi connectivity index (χ4n) is 2.39. The smallest absolute Gasteiger partial charge is 0.288 e. The van der Waals surface area contributed by atoms with Gasteiger partial charge in [-0.15, -0.1) is 0 Å². The molecule has 10 heteroatoms. The lowest BCUT2D eigenvalue weighted by Crippen LogP contribution is -2.61. The molecule has 1 fully saturated rings. The van der Waals surface area contributed by atoms with E-state index in [0.717, 1.165) is 0 Å². The summed E-state index contributed by atoms with van der Waals surface area (Å²) in [6.45, 7) is 1.47. The minimum atomic E-state index is -3.82. The highest BCUT2D eigenvalue weighted by molar-refractivity contribution is 7.92. The third kappa shape index (κ3) is 3.26. The van der Waals surface area contributed by atoms with Crippen molar-refractivity contribution >= 4 is 38.9 Å². The SMILES string of the molecule is CC1C(=O)C(=O)C(=O)NN1c1ccc(S(=O)(=O)Nc2cccnc2)cc1. The molecule has 0 radical (unpaired) electrons. The molecule has 9 nitrogen and oxygen atoms in total. The molecule has 1 aromatic carbocycles. The number of aromatic nitrogens is 1. The van der Waals surface area contributed by atoms with Crippen LogP contribution in [-0.2, 0) is 24.4 Å². The quantitative estimate of drug-likeness (QED) is 0.735. The maximum Gasteiger partial charge on any atom is 0.314 e. The molecule has 1 aliphatic rings. The fourth-order valence-corrected chi connectivity index (χ4v) is 3.43. The van der Waals surface area contributed by atoms with Crippen LogP contribution in [0.1, 0.15) is 6.92 Å². The van der Waals surface area contributed by atoms with Crippen LogP contribution in [0.25, 0.3) is 0 Å². The van der Waals surface area contributed by atoms with Crippen molar-refractivity contribution in [1.29, 1.82) is 0 Å². The van der Waals surface area contributed by atoms with Gasteiger partial charge >= 0.3 is 5.91 Å². The van der Waals surface area contributed by atoms with Gasteiger partial charge in [-0.2, -0.15) is 0 Å². The molecule has 1 aromatic heterocycles. The van der Waals surface area contributed by atoms with Gasteiger partial charge in [-0.3, -0.25) is 34.5 Å². The van der Waals surface area contributed by atoms with E-state index in [2.05, 4.69) is 15.1 Å².